The van der Waals surface area contributed by atoms with Crippen LogP contribution in [0.25, 0.3) is 10.9 Å². The van der Waals surface area contributed by atoms with Crippen LogP contribution in [0.1, 0.15) is 38.3 Å². The zero-order valence-corrected chi connectivity index (χ0v) is 17.9. The van der Waals surface area contributed by atoms with Crippen molar-refractivity contribution < 1.29 is 4.79 Å². The summed E-state index contributed by atoms with van der Waals surface area (Å²) in [6, 6.07) is 24.8. The fourth-order valence-electron chi connectivity index (χ4n) is 4.06. The molecule has 0 bridgehead atoms. The monoisotopic (exact) mass is 396 g/mol. The number of carbonyl (C=O) groups is 1. The van der Waals surface area contributed by atoms with E-state index in [1.165, 1.54) is 33.5 Å². The smallest absolute Gasteiger partial charge is 0.251 e. The highest BCUT2D eigenvalue weighted by atomic mass is 16.1. The van der Waals surface area contributed by atoms with Crippen molar-refractivity contribution in [2.24, 2.45) is 0 Å². The first-order valence-electron chi connectivity index (χ1n) is 10.5. The summed E-state index contributed by atoms with van der Waals surface area (Å²) in [5, 5.41) is 4.22. The van der Waals surface area contributed by atoms with Crippen molar-refractivity contribution in [3.05, 3.63) is 106 Å². The van der Waals surface area contributed by atoms with Gasteiger partial charge in [-0.05, 0) is 67.6 Å². The second-order valence-electron chi connectivity index (χ2n) is 7.95. The number of aryl methyl sites for hydroxylation is 2. The minimum atomic E-state index is -0.0154. The normalized spacial score (nSPS) is 11.0. The molecule has 0 atom stereocenters. The predicted molar refractivity (Wildman–Crippen MR) is 124 cm³/mol. The van der Waals surface area contributed by atoms with E-state index < -0.39 is 0 Å². The molecule has 0 spiro atoms. The van der Waals surface area contributed by atoms with Gasteiger partial charge in [0.2, 0.25) is 0 Å². The van der Waals surface area contributed by atoms with Gasteiger partial charge in [0.15, 0.2) is 0 Å². The molecule has 0 aliphatic rings. The van der Waals surface area contributed by atoms with Crippen LogP contribution < -0.4 is 5.32 Å². The topological polar surface area (TPSA) is 34.0 Å². The Morgan fingerprint density at radius 2 is 1.63 bits per heavy atom. The Balaban J connectivity index is 1.52. The molecule has 30 heavy (non-hydrogen) atoms. The average molecular weight is 397 g/mol. The van der Waals surface area contributed by atoms with Gasteiger partial charge in [-0.25, -0.2) is 0 Å². The van der Waals surface area contributed by atoms with Crippen molar-refractivity contribution in [1.82, 2.24) is 9.88 Å². The molecule has 0 fully saturated rings. The molecule has 3 nitrogen and oxygen atoms in total. The zero-order valence-electron chi connectivity index (χ0n) is 17.9. The fraction of sp³-hybridized carbons (Fsp3) is 0.222. The molecule has 0 unspecified atom stereocenters. The van der Waals surface area contributed by atoms with Crippen molar-refractivity contribution in [2.75, 3.05) is 6.54 Å². The third kappa shape index (κ3) is 4.02. The van der Waals surface area contributed by atoms with E-state index in [4.69, 9.17) is 0 Å². The molecule has 1 N–H and O–H groups in total. The summed E-state index contributed by atoms with van der Waals surface area (Å²) < 4.78 is 2.33. The fourth-order valence-corrected chi connectivity index (χ4v) is 4.06. The molecule has 0 saturated heterocycles. The molecule has 0 aliphatic heterocycles. The number of hydrogen-bond acceptors (Lipinski definition) is 1. The maximum Gasteiger partial charge on any atom is 0.251 e. The van der Waals surface area contributed by atoms with E-state index in [-0.39, 0.29) is 5.91 Å². The third-order valence-corrected chi connectivity index (χ3v) is 6.03. The molecule has 0 radical (unpaired) electrons. The largest absolute Gasteiger partial charge is 0.352 e. The van der Waals surface area contributed by atoms with Crippen LogP contribution in [-0.4, -0.2) is 17.0 Å². The van der Waals surface area contributed by atoms with E-state index in [1.807, 2.05) is 30.3 Å². The highest BCUT2D eigenvalue weighted by Gasteiger charge is 2.14. The Labute approximate surface area is 178 Å². The van der Waals surface area contributed by atoms with Gasteiger partial charge in [-0.3, -0.25) is 4.79 Å². The van der Waals surface area contributed by atoms with Gasteiger partial charge in [-0.1, -0.05) is 54.6 Å². The number of nitrogens with one attached hydrogen (secondary N) is 1. The number of carbonyl (C=O) groups excluding carboxylic acids is 1. The quantitative estimate of drug-likeness (QED) is 0.453. The Morgan fingerprint density at radius 1 is 0.900 bits per heavy atom. The zero-order chi connectivity index (χ0) is 21.1. The highest BCUT2D eigenvalue weighted by molar-refractivity contribution is 5.99. The molecule has 1 aromatic heterocycles. The molecular formula is C27H28N2O. The van der Waals surface area contributed by atoms with Gasteiger partial charge in [0.25, 0.3) is 5.91 Å². The van der Waals surface area contributed by atoms with E-state index in [0.29, 0.717) is 12.1 Å². The van der Waals surface area contributed by atoms with E-state index >= 15 is 0 Å². The summed E-state index contributed by atoms with van der Waals surface area (Å²) in [4.78, 5) is 12.7. The van der Waals surface area contributed by atoms with E-state index in [2.05, 4.69) is 73.1 Å². The van der Waals surface area contributed by atoms with E-state index in [1.54, 1.807) is 0 Å². The standard InChI is InChI=1S/C27H28N2O/c1-19-9-7-8-12-23(19)15-16-28-27(30)24-13-14-26-25(17-24)20(2)21(3)29(26)18-22-10-5-4-6-11-22/h4-14,17H,15-16,18H2,1-3H3,(H,28,30). The van der Waals surface area contributed by atoms with Crippen LogP contribution in [0.2, 0.25) is 0 Å². The van der Waals surface area contributed by atoms with Crippen LogP contribution in [0.3, 0.4) is 0 Å². The lowest BCUT2D eigenvalue weighted by Gasteiger charge is -2.10. The Bertz CT molecular complexity index is 1190. The van der Waals surface area contributed by atoms with Gasteiger partial charge in [-0.15, -0.1) is 0 Å². The third-order valence-electron chi connectivity index (χ3n) is 6.03. The van der Waals surface area contributed by atoms with Crippen LogP contribution in [0.4, 0.5) is 0 Å². The molecule has 4 aromatic rings. The number of aromatic nitrogens is 1. The van der Waals surface area contributed by atoms with Crippen LogP contribution in [0.5, 0.6) is 0 Å². The van der Waals surface area contributed by atoms with Crippen LogP contribution in [0, 0.1) is 20.8 Å². The minimum Gasteiger partial charge on any atom is -0.352 e. The van der Waals surface area contributed by atoms with Gasteiger partial charge in [0.1, 0.15) is 0 Å². The Kier molecular flexibility index (Phi) is 5.71. The van der Waals surface area contributed by atoms with Crippen molar-refractivity contribution in [1.29, 1.82) is 0 Å². The van der Waals surface area contributed by atoms with Gasteiger partial charge < -0.3 is 9.88 Å². The molecule has 3 heteroatoms. The van der Waals surface area contributed by atoms with E-state index in [9.17, 15) is 4.79 Å². The molecule has 152 valence electrons. The molecule has 3 aromatic carbocycles. The highest BCUT2D eigenvalue weighted by Crippen LogP contribution is 2.27. The van der Waals surface area contributed by atoms with Gasteiger partial charge in [-0.2, -0.15) is 0 Å². The second-order valence-corrected chi connectivity index (χ2v) is 7.95. The lowest BCUT2D eigenvalue weighted by atomic mass is 10.1. The lowest BCUT2D eigenvalue weighted by molar-refractivity contribution is 0.0954. The number of nitrogens with zero attached hydrogens (tertiary/aromatic N) is 1. The Hall–Kier alpha value is -3.33. The van der Waals surface area contributed by atoms with Crippen molar-refractivity contribution in [3.63, 3.8) is 0 Å². The molecule has 0 aliphatic carbocycles. The van der Waals surface area contributed by atoms with Crippen molar-refractivity contribution in [3.8, 4) is 0 Å². The number of hydrogen-bond donors (Lipinski definition) is 1. The minimum absolute atomic E-state index is 0.0154. The molecule has 1 amide bonds. The number of fused-ring (bicyclic) bond motifs is 1. The molecule has 4 rings (SSSR count). The van der Waals surface area contributed by atoms with Gasteiger partial charge in [0.05, 0.1) is 0 Å². The van der Waals surface area contributed by atoms with Crippen molar-refractivity contribution >= 4 is 16.8 Å². The maximum absolute atomic E-state index is 12.7. The summed E-state index contributed by atoms with van der Waals surface area (Å²) in [6.07, 6.45) is 0.840. The molecule has 0 saturated carbocycles. The van der Waals surface area contributed by atoms with Crippen LogP contribution in [-0.2, 0) is 13.0 Å². The van der Waals surface area contributed by atoms with Crippen molar-refractivity contribution in [2.45, 2.75) is 33.7 Å². The van der Waals surface area contributed by atoms with Crippen LogP contribution >= 0.6 is 0 Å². The Morgan fingerprint density at radius 3 is 2.40 bits per heavy atom. The molecular weight excluding hydrogens is 368 g/mol. The van der Waals surface area contributed by atoms with Gasteiger partial charge in [0, 0.05) is 35.2 Å². The SMILES string of the molecule is Cc1ccccc1CCNC(=O)c1ccc2c(c1)c(C)c(C)n2Cc1ccccc1. The van der Waals surface area contributed by atoms with E-state index in [0.717, 1.165) is 18.4 Å². The number of benzene rings is 3. The first-order valence-corrected chi connectivity index (χ1v) is 10.5. The summed E-state index contributed by atoms with van der Waals surface area (Å²) in [6.45, 7) is 7.86. The first kappa shape index (κ1) is 20.0. The van der Waals surface area contributed by atoms with Gasteiger partial charge >= 0.3 is 0 Å². The average Bonchev–Trinajstić information content (AvgIpc) is 3.00. The maximum atomic E-state index is 12.7. The lowest BCUT2D eigenvalue weighted by Crippen LogP contribution is -2.25. The summed E-state index contributed by atoms with van der Waals surface area (Å²) in [7, 11) is 0. The predicted octanol–water partition coefficient (Wildman–Crippen LogP) is 5.59. The summed E-state index contributed by atoms with van der Waals surface area (Å²) in [5.41, 5.74) is 8.17. The second kappa shape index (κ2) is 8.58. The molecule has 1 heterocycles. The first-order chi connectivity index (χ1) is 14.5. The number of rotatable bonds is 6. The number of amides is 1. The summed E-state index contributed by atoms with van der Waals surface area (Å²) in [5.74, 6) is -0.0154. The van der Waals surface area contributed by atoms with Crippen LogP contribution in [0.15, 0.2) is 72.8 Å². The summed E-state index contributed by atoms with van der Waals surface area (Å²) >= 11 is 0.